The molecule has 2 aromatic heterocycles. The summed E-state index contributed by atoms with van der Waals surface area (Å²) < 4.78 is 0.967. The van der Waals surface area contributed by atoms with E-state index >= 15 is 0 Å². The minimum absolute atomic E-state index is 0.403. The van der Waals surface area contributed by atoms with Crippen molar-refractivity contribution in [1.82, 2.24) is 9.97 Å². The Balaban J connectivity index is 0.000000180. The molecule has 0 bridgehead atoms. The van der Waals surface area contributed by atoms with Gasteiger partial charge in [0.15, 0.2) is 6.29 Å². The predicted molar refractivity (Wildman–Crippen MR) is 75.7 cm³/mol. The molecule has 94 valence electrons. The summed E-state index contributed by atoms with van der Waals surface area (Å²) in [6.45, 7) is 1.92. The van der Waals surface area contributed by atoms with Crippen LogP contribution in [-0.4, -0.2) is 16.3 Å². The highest BCUT2D eigenvalue weighted by Gasteiger charge is 1.92. The Labute approximate surface area is 118 Å². The molecule has 2 aromatic rings. The molecule has 2 rings (SSSR count). The van der Waals surface area contributed by atoms with Crippen molar-refractivity contribution < 1.29 is 4.79 Å². The fraction of sp³-hybridized carbons (Fsp3) is 0.0833. The van der Waals surface area contributed by atoms with E-state index in [1.54, 1.807) is 18.3 Å². The maximum atomic E-state index is 10.0. The zero-order valence-electron chi connectivity index (χ0n) is 9.60. The van der Waals surface area contributed by atoms with E-state index in [1.165, 1.54) is 6.20 Å². The quantitative estimate of drug-likeness (QED) is 0.644. The molecule has 6 heteroatoms. The van der Waals surface area contributed by atoms with E-state index in [2.05, 4.69) is 25.9 Å². The molecule has 0 aliphatic carbocycles. The van der Waals surface area contributed by atoms with E-state index in [9.17, 15) is 4.79 Å². The molecule has 0 aliphatic heterocycles. The fourth-order valence-corrected chi connectivity index (χ4v) is 1.57. The van der Waals surface area contributed by atoms with E-state index in [0.717, 1.165) is 16.3 Å². The molecule has 18 heavy (non-hydrogen) atoms. The Morgan fingerprint density at radius 2 is 2.06 bits per heavy atom. The van der Waals surface area contributed by atoms with Crippen LogP contribution in [0.15, 0.2) is 35.1 Å². The van der Waals surface area contributed by atoms with Crippen molar-refractivity contribution in [2.75, 3.05) is 5.73 Å². The molecule has 0 spiro atoms. The number of halogens is 2. The Bertz CT molecular complexity index is 531. The van der Waals surface area contributed by atoms with Crippen LogP contribution in [0, 0.1) is 6.92 Å². The maximum absolute atomic E-state index is 10.0. The van der Waals surface area contributed by atoms with Crippen molar-refractivity contribution in [2.24, 2.45) is 0 Å². The summed E-state index contributed by atoms with van der Waals surface area (Å²) in [5.74, 6) is 0.596. The topological polar surface area (TPSA) is 68.9 Å². The minimum Gasteiger partial charge on any atom is -0.383 e. The standard InChI is InChI=1S/C6H7BrN2.C6H4ClNO/c1-4-2-5(7)3-9-6(4)8;7-6-2-1-5(4-9)3-8-6/h2-3H,1H3,(H2,8,9);1-4H. The fourth-order valence-electron chi connectivity index (χ4n) is 1.01. The number of carbonyl (C=O) groups excluding carboxylic acids is 1. The van der Waals surface area contributed by atoms with Crippen LogP contribution in [0.3, 0.4) is 0 Å². The average Bonchev–Trinajstić information content (AvgIpc) is 2.36. The second kappa shape index (κ2) is 7.08. The number of carbonyl (C=O) groups is 1. The van der Waals surface area contributed by atoms with E-state index in [1.807, 2.05) is 13.0 Å². The molecule has 0 amide bonds. The van der Waals surface area contributed by atoms with Crippen LogP contribution >= 0.6 is 27.5 Å². The second-order valence-electron chi connectivity index (χ2n) is 3.39. The van der Waals surface area contributed by atoms with Crippen molar-refractivity contribution in [3.63, 3.8) is 0 Å². The maximum Gasteiger partial charge on any atom is 0.151 e. The summed E-state index contributed by atoms with van der Waals surface area (Å²) in [6.07, 6.45) is 3.83. The van der Waals surface area contributed by atoms with Crippen LogP contribution in [0.4, 0.5) is 5.82 Å². The third kappa shape index (κ3) is 4.81. The van der Waals surface area contributed by atoms with Crippen molar-refractivity contribution in [3.05, 3.63) is 51.3 Å². The number of pyridine rings is 2. The largest absolute Gasteiger partial charge is 0.383 e. The van der Waals surface area contributed by atoms with Crippen molar-refractivity contribution in [3.8, 4) is 0 Å². The van der Waals surface area contributed by atoms with Crippen LogP contribution in [0.25, 0.3) is 0 Å². The minimum atomic E-state index is 0.403. The molecule has 0 unspecified atom stereocenters. The van der Waals surface area contributed by atoms with Crippen molar-refractivity contribution >= 4 is 39.6 Å². The second-order valence-corrected chi connectivity index (χ2v) is 4.69. The van der Waals surface area contributed by atoms with Crippen LogP contribution in [0.5, 0.6) is 0 Å². The number of aromatic nitrogens is 2. The van der Waals surface area contributed by atoms with Gasteiger partial charge >= 0.3 is 0 Å². The lowest BCUT2D eigenvalue weighted by atomic mass is 10.3. The molecule has 0 radical (unpaired) electrons. The molecule has 0 saturated heterocycles. The van der Waals surface area contributed by atoms with E-state index < -0.39 is 0 Å². The van der Waals surface area contributed by atoms with Crippen LogP contribution in [0.1, 0.15) is 15.9 Å². The first-order valence-electron chi connectivity index (χ1n) is 4.97. The Morgan fingerprint density at radius 3 is 2.50 bits per heavy atom. The first-order chi connectivity index (χ1) is 8.52. The predicted octanol–water partition coefficient (Wildman–Crippen LogP) is 3.28. The molecule has 0 fully saturated rings. The van der Waals surface area contributed by atoms with Gasteiger partial charge in [-0.25, -0.2) is 9.97 Å². The average molecular weight is 329 g/mol. The summed E-state index contributed by atoms with van der Waals surface area (Å²) in [5.41, 5.74) is 7.00. The number of nitrogens with zero attached hydrogens (tertiary/aromatic N) is 2. The zero-order chi connectivity index (χ0) is 13.5. The number of nitrogen functional groups attached to an aromatic ring is 1. The van der Waals surface area contributed by atoms with Gasteiger partial charge in [0.25, 0.3) is 0 Å². The number of hydrogen-bond acceptors (Lipinski definition) is 4. The highest BCUT2D eigenvalue weighted by Crippen LogP contribution is 2.13. The molecule has 2 heterocycles. The van der Waals surface area contributed by atoms with Gasteiger partial charge in [0.1, 0.15) is 11.0 Å². The zero-order valence-corrected chi connectivity index (χ0v) is 11.9. The molecular weight excluding hydrogens is 318 g/mol. The van der Waals surface area contributed by atoms with Gasteiger partial charge in [0.05, 0.1) is 0 Å². The molecular formula is C12H11BrClN3O. The van der Waals surface area contributed by atoms with E-state index in [0.29, 0.717) is 16.5 Å². The normalized spacial score (nSPS) is 9.28. The number of rotatable bonds is 1. The van der Waals surface area contributed by atoms with Gasteiger partial charge in [0, 0.05) is 22.4 Å². The lowest BCUT2D eigenvalue weighted by Gasteiger charge is -1.96. The Morgan fingerprint density at radius 1 is 1.33 bits per heavy atom. The summed E-state index contributed by atoms with van der Waals surface area (Å²) in [6, 6.07) is 5.12. The number of aldehydes is 1. The van der Waals surface area contributed by atoms with Gasteiger partial charge in [-0.2, -0.15) is 0 Å². The molecule has 0 saturated carbocycles. The first kappa shape index (κ1) is 14.6. The summed E-state index contributed by atoms with van der Waals surface area (Å²) in [7, 11) is 0. The lowest BCUT2D eigenvalue weighted by Crippen LogP contribution is -1.91. The van der Waals surface area contributed by atoms with Crippen molar-refractivity contribution in [2.45, 2.75) is 6.92 Å². The molecule has 0 aliphatic rings. The summed E-state index contributed by atoms with van der Waals surface area (Å²) in [5, 5.41) is 0.403. The van der Waals surface area contributed by atoms with E-state index in [4.69, 9.17) is 17.3 Å². The van der Waals surface area contributed by atoms with Crippen LogP contribution in [-0.2, 0) is 0 Å². The highest BCUT2D eigenvalue weighted by molar-refractivity contribution is 9.10. The van der Waals surface area contributed by atoms with Crippen molar-refractivity contribution in [1.29, 1.82) is 0 Å². The lowest BCUT2D eigenvalue weighted by molar-refractivity contribution is 0.112. The summed E-state index contributed by atoms with van der Waals surface area (Å²) >= 11 is 8.72. The van der Waals surface area contributed by atoms with Gasteiger partial charge in [0.2, 0.25) is 0 Å². The number of aryl methyl sites for hydroxylation is 1. The Hall–Kier alpha value is -1.46. The molecule has 2 N–H and O–H groups in total. The van der Waals surface area contributed by atoms with Gasteiger partial charge in [-0.15, -0.1) is 0 Å². The molecule has 0 aromatic carbocycles. The SMILES string of the molecule is Cc1cc(Br)cnc1N.O=Cc1ccc(Cl)nc1. The number of nitrogens with two attached hydrogens (primary N) is 1. The third-order valence-corrected chi connectivity index (χ3v) is 2.63. The summed E-state index contributed by atoms with van der Waals surface area (Å²) in [4.78, 5) is 17.6. The third-order valence-electron chi connectivity index (χ3n) is 1.97. The molecule has 0 atom stereocenters. The highest BCUT2D eigenvalue weighted by atomic mass is 79.9. The first-order valence-corrected chi connectivity index (χ1v) is 6.14. The van der Waals surface area contributed by atoms with Gasteiger partial charge in [-0.1, -0.05) is 11.6 Å². The van der Waals surface area contributed by atoms with Gasteiger partial charge in [-0.3, -0.25) is 4.79 Å². The molecule has 4 nitrogen and oxygen atoms in total. The van der Waals surface area contributed by atoms with Crippen LogP contribution in [0.2, 0.25) is 5.15 Å². The van der Waals surface area contributed by atoms with Crippen LogP contribution < -0.4 is 5.73 Å². The smallest absolute Gasteiger partial charge is 0.151 e. The van der Waals surface area contributed by atoms with Gasteiger partial charge in [-0.05, 0) is 46.6 Å². The number of hydrogen-bond donors (Lipinski definition) is 1. The van der Waals surface area contributed by atoms with E-state index in [-0.39, 0.29) is 0 Å². The Kier molecular flexibility index (Phi) is 5.74. The monoisotopic (exact) mass is 327 g/mol. The van der Waals surface area contributed by atoms with Gasteiger partial charge < -0.3 is 5.73 Å². The number of anilines is 1.